The van der Waals surface area contributed by atoms with Gasteiger partial charge in [0.05, 0.1) is 11.0 Å². The minimum Gasteiger partial charge on any atom is -0.348 e. The summed E-state index contributed by atoms with van der Waals surface area (Å²) in [6.07, 6.45) is -4.94. The third-order valence-electron chi connectivity index (χ3n) is 5.39. The van der Waals surface area contributed by atoms with E-state index in [1.54, 1.807) is 67.6 Å². The zero-order valence-electron chi connectivity index (χ0n) is 15.9. The maximum absolute atomic E-state index is 14.9. The largest absolute Gasteiger partial charge is 0.438 e. The predicted molar refractivity (Wildman–Crippen MR) is 108 cm³/mol. The van der Waals surface area contributed by atoms with Crippen molar-refractivity contribution in [2.24, 2.45) is 0 Å². The molecule has 3 aromatic carbocycles. The molecule has 4 aromatic rings. The van der Waals surface area contributed by atoms with Crippen molar-refractivity contribution < 1.29 is 18.0 Å². The molecule has 1 aliphatic rings. The number of carbonyl (C=O) groups is 1. The number of hydrogen-bond acceptors (Lipinski definition) is 3. The lowest BCUT2D eigenvalue weighted by Gasteiger charge is -2.41. The van der Waals surface area contributed by atoms with Crippen molar-refractivity contribution in [1.29, 1.82) is 0 Å². The molecule has 0 saturated heterocycles. The van der Waals surface area contributed by atoms with E-state index in [9.17, 15) is 18.0 Å². The van der Waals surface area contributed by atoms with Gasteiger partial charge in [-0.25, -0.2) is 4.98 Å². The Balaban J connectivity index is 1.90. The van der Waals surface area contributed by atoms with Crippen LogP contribution in [0.3, 0.4) is 0 Å². The Morgan fingerprint density at radius 2 is 1.63 bits per heavy atom. The SMILES string of the molecule is Cc1cccc(NC2(C(F)(F)F)C(=O)c3ccccc3-c3nc4ccccc4n32)c1. The summed E-state index contributed by atoms with van der Waals surface area (Å²) in [5.74, 6) is -0.966. The number of rotatable bonds is 2. The van der Waals surface area contributed by atoms with E-state index in [-0.39, 0.29) is 22.6 Å². The van der Waals surface area contributed by atoms with Gasteiger partial charge in [-0.2, -0.15) is 13.2 Å². The van der Waals surface area contributed by atoms with Crippen LogP contribution in [0.5, 0.6) is 0 Å². The van der Waals surface area contributed by atoms with Gasteiger partial charge < -0.3 is 5.32 Å². The van der Waals surface area contributed by atoms with E-state index in [2.05, 4.69) is 10.3 Å². The van der Waals surface area contributed by atoms with Crippen LogP contribution in [0.2, 0.25) is 0 Å². The predicted octanol–water partition coefficient (Wildman–Crippen LogP) is 5.54. The van der Waals surface area contributed by atoms with Crippen molar-refractivity contribution in [2.75, 3.05) is 5.32 Å². The molecular formula is C23H16F3N3O. The molecule has 7 heteroatoms. The number of ketones is 1. The van der Waals surface area contributed by atoms with Crippen LogP contribution < -0.4 is 5.32 Å². The van der Waals surface area contributed by atoms with Gasteiger partial charge in [-0.3, -0.25) is 9.36 Å². The van der Waals surface area contributed by atoms with Gasteiger partial charge in [0.15, 0.2) is 0 Å². The van der Waals surface area contributed by atoms with Gasteiger partial charge >= 0.3 is 6.18 Å². The minimum absolute atomic E-state index is 0.0159. The number of benzene rings is 3. The summed E-state index contributed by atoms with van der Waals surface area (Å²) in [6, 6.07) is 19.3. The molecule has 5 rings (SSSR count). The number of hydrogen-bond donors (Lipinski definition) is 1. The molecule has 150 valence electrons. The van der Waals surface area contributed by atoms with E-state index in [0.717, 1.165) is 10.1 Å². The number of halogens is 3. The number of anilines is 1. The maximum atomic E-state index is 14.9. The molecule has 30 heavy (non-hydrogen) atoms. The molecule has 0 saturated carbocycles. The van der Waals surface area contributed by atoms with Gasteiger partial charge in [0.2, 0.25) is 5.78 Å². The molecule has 1 N–H and O–H groups in total. The quantitative estimate of drug-likeness (QED) is 0.475. The van der Waals surface area contributed by atoms with Crippen molar-refractivity contribution in [1.82, 2.24) is 9.55 Å². The van der Waals surface area contributed by atoms with Crippen LogP contribution in [-0.2, 0) is 5.66 Å². The third-order valence-corrected chi connectivity index (χ3v) is 5.39. The highest BCUT2D eigenvalue weighted by molar-refractivity contribution is 6.11. The molecule has 0 fully saturated rings. The van der Waals surface area contributed by atoms with Crippen molar-refractivity contribution in [3.05, 3.63) is 83.9 Å². The molecule has 0 spiro atoms. The smallest absolute Gasteiger partial charge is 0.348 e. The topological polar surface area (TPSA) is 46.9 Å². The second-order valence-corrected chi connectivity index (χ2v) is 7.34. The summed E-state index contributed by atoms with van der Waals surface area (Å²) in [4.78, 5) is 18.0. The number of aromatic nitrogens is 2. The van der Waals surface area contributed by atoms with E-state index in [1.165, 1.54) is 12.1 Å². The molecule has 0 amide bonds. The van der Waals surface area contributed by atoms with Crippen LogP contribution >= 0.6 is 0 Å². The fraction of sp³-hybridized carbons (Fsp3) is 0.130. The maximum Gasteiger partial charge on any atom is 0.438 e. The molecule has 1 aliphatic heterocycles. The second-order valence-electron chi connectivity index (χ2n) is 7.34. The summed E-state index contributed by atoms with van der Waals surface area (Å²) in [5.41, 5.74) is -1.08. The Labute approximate surface area is 170 Å². The number of carbonyl (C=O) groups excluding carboxylic acids is 1. The first-order valence-corrected chi connectivity index (χ1v) is 9.37. The van der Waals surface area contributed by atoms with E-state index >= 15 is 0 Å². The van der Waals surface area contributed by atoms with Gasteiger partial charge in [-0.05, 0) is 36.8 Å². The fourth-order valence-electron chi connectivity index (χ4n) is 4.09. The molecule has 0 aliphatic carbocycles. The number of alkyl halides is 3. The highest BCUT2D eigenvalue weighted by Gasteiger charge is 2.65. The number of fused-ring (bicyclic) bond motifs is 5. The summed E-state index contributed by atoms with van der Waals surface area (Å²) in [5, 5.41) is 2.55. The van der Waals surface area contributed by atoms with E-state index < -0.39 is 17.6 Å². The third kappa shape index (κ3) is 2.41. The van der Waals surface area contributed by atoms with Crippen molar-refractivity contribution in [3.63, 3.8) is 0 Å². The Kier molecular flexibility index (Phi) is 3.80. The highest BCUT2D eigenvalue weighted by atomic mass is 19.4. The number of imidazole rings is 1. The van der Waals surface area contributed by atoms with Crippen LogP contribution in [0.1, 0.15) is 15.9 Å². The average Bonchev–Trinajstić information content (AvgIpc) is 3.10. The Hall–Kier alpha value is -3.61. The van der Waals surface area contributed by atoms with Gasteiger partial charge in [-0.1, -0.05) is 48.5 Å². The van der Waals surface area contributed by atoms with Crippen LogP contribution in [0.4, 0.5) is 18.9 Å². The first kappa shape index (κ1) is 18.4. The zero-order valence-corrected chi connectivity index (χ0v) is 15.9. The summed E-state index contributed by atoms with van der Waals surface area (Å²) in [7, 11) is 0. The van der Waals surface area contributed by atoms with Crippen LogP contribution in [0.25, 0.3) is 22.4 Å². The zero-order chi connectivity index (χ0) is 21.1. The Morgan fingerprint density at radius 1 is 0.933 bits per heavy atom. The first-order valence-electron chi connectivity index (χ1n) is 9.37. The average molecular weight is 407 g/mol. The molecule has 2 heterocycles. The van der Waals surface area contributed by atoms with Crippen molar-refractivity contribution in [3.8, 4) is 11.4 Å². The Bertz CT molecular complexity index is 1310. The van der Waals surface area contributed by atoms with Crippen LogP contribution in [0.15, 0.2) is 72.8 Å². The van der Waals surface area contributed by atoms with Gasteiger partial charge in [-0.15, -0.1) is 0 Å². The van der Waals surface area contributed by atoms with Crippen LogP contribution in [-0.4, -0.2) is 21.5 Å². The number of nitrogens with one attached hydrogen (secondary N) is 1. The normalized spacial score (nSPS) is 18.2. The van der Waals surface area contributed by atoms with Crippen molar-refractivity contribution in [2.45, 2.75) is 18.8 Å². The van der Waals surface area contributed by atoms with Crippen molar-refractivity contribution >= 4 is 22.5 Å². The lowest BCUT2D eigenvalue weighted by Crippen LogP contribution is -2.61. The van der Waals surface area contributed by atoms with Crippen LogP contribution in [0, 0.1) is 6.92 Å². The molecule has 0 radical (unpaired) electrons. The summed E-state index contributed by atoms with van der Waals surface area (Å²) >= 11 is 0. The molecule has 0 bridgehead atoms. The first-order chi connectivity index (χ1) is 14.3. The molecular weight excluding hydrogens is 391 g/mol. The summed E-state index contributed by atoms with van der Waals surface area (Å²) in [6.45, 7) is 1.78. The number of Topliss-reactive ketones (excluding diaryl/α,β-unsaturated/α-hetero) is 1. The highest BCUT2D eigenvalue weighted by Crippen LogP contribution is 2.48. The van der Waals surface area contributed by atoms with E-state index in [0.29, 0.717) is 11.1 Å². The lowest BCUT2D eigenvalue weighted by molar-refractivity contribution is -0.186. The molecule has 1 unspecified atom stereocenters. The molecule has 1 atom stereocenters. The monoisotopic (exact) mass is 407 g/mol. The van der Waals surface area contributed by atoms with E-state index in [4.69, 9.17) is 0 Å². The number of aryl methyl sites for hydroxylation is 1. The summed E-state index contributed by atoms with van der Waals surface area (Å²) < 4.78 is 45.6. The van der Waals surface area contributed by atoms with Gasteiger partial charge in [0.25, 0.3) is 5.66 Å². The standard InChI is InChI=1S/C23H16F3N3O/c1-14-7-6-8-15(13-14)28-22(23(24,25)26)20(30)16-9-2-3-10-17(16)21-27-18-11-4-5-12-19(18)29(21)22/h2-13,28H,1H3. The molecule has 1 aromatic heterocycles. The number of nitrogens with zero attached hydrogens (tertiary/aromatic N) is 2. The van der Waals surface area contributed by atoms with Gasteiger partial charge in [0, 0.05) is 16.8 Å². The minimum atomic E-state index is -4.94. The van der Waals surface area contributed by atoms with E-state index in [1.807, 2.05) is 0 Å². The lowest BCUT2D eigenvalue weighted by atomic mass is 9.88. The number of para-hydroxylation sites is 2. The Morgan fingerprint density at radius 3 is 2.37 bits per heavy atom. The fourth-order valence-corrected chi connectivity index (χ4v) is 4.09. The van der Waals surface area contributed by atoms with Gasteiger partial charge in [0.1, 0.15) is 5.82 Å². The molecule has 4 nitrogen and oxygen atoms in total. The second kappa shape index (κ2) is 6.19.